The molecule has 8 heteroatoms. The number of ether oxygens (including phenoxy) is 1. The number of hydrogen-bond donors (Lipinski definition) is 2. The molecule has 0 spiro atoms. The molecule has 1 aromatic heterocycles. The first-order chi connectivity index (χ1) is 11.7. The molecule has 130 valence electrons. The zero-order valence-corrected chi connectivity index (χ0v) is 14.7. The quantitative estimate of drug-likeness (QED) is 0.809. The molecule has 1 atom stereocenters. The summed E-state index contributed by atoms with van der Waals surface area (Å²) in [6.07, 6.45) is 1.15. The van der Waals surface area contributed by atoms with Crippen molar-refractivity contribution in [3.8, 4) is 0 Å². The van der Waals surface area contributed by atoms with E-state index in [4.69, 9.17) is 27.9 Å². The molecule has 0 amide bonds. The smallest absolute Gasteiger partial charge is 0.155 e. The first-order valence-corrected chi connectivity index (χ1v) is 8.70. The Labute approximate surface area is 150 Å². The molecule has 0 bridgehead atoms. The zero-order valence-electron chi connectivity index (χ0n) is 13.2. The summed E-state index contributed by atoms with van der Waals surface area (Å²) in [5.41, 5.74) is 0.813. The van der Waals surface area contributed by atoms with Crippen LogP contribution in [0.3, 0.4) is 0 Å². The maximum atomic E-state index is 9.27. The SMILES string of the molecule is OCCn1nc(Cc2c(Cl)cccc2Cl)nc1C[C@@H]1COCCN1. The number of morpholine rings is 1. The molecule has 0 unspecified atom stereocenters. The first kappa shape index (κ1) is 17.6. The maximum Gasteiger partial charge on any atom is 0.155 e. The van der Waals surface area contributed by atoms with Gasteiger partial charge in [-0.25, -0.2) is 9.67 Å². The number of halogens is 2. The molecular weight excluding hydrogens is 351 g/mol. The van der Waals surface area contributed by atoms with Gasteiger partial charge in [0.05, 0.1) is 26.4 Å². The minimum atomic E-state index is 0.0112. The van der Waals surface area contributed by atoms with E-state index in [1.165, 1.54) is 0 Å². The largest absolute Gasteiger partial charge is 0.394 e. The van der Waals surface area contributed by atoms with Crippen molar-refractivity contribution in [1.82, 2.24) is 20.1 Å². The Balaban J connectivity index is 1.79. The fourth-order valence-corrected chi connectivity index (χ4v) is 3.29. The molecule has 1 fully saturated rings. The van der Waals surface area contributed by atoms with Crippen LogP contribution >= 0.6 is 23.2 Å². The number of aliphatic hydroxyl groups excluding tert-OH is 1. The van der Waals surface area contributed by atoms with Gasteiger partial charge in [-0.3, -0.25) is 0 Å². The number of nitrogens with zero attached hydrogens (tertiary/aromatic N) is 3. The minimum Gasteiger partial charge on any atom is -0.394 e. The van der Waals surface area contributed by atoms with Crippen LogP contribution in [-0.2, 0) is 24.1 Å². The van der Waals surface area contributed by atoms with Crippen molar-refractivity contribution in [2.24, 2.45) is 0 Å². The third kappa shape index (κ3) is 4.26. The molecular formula is C16H20Cl2N4O2. The van der Waals surface area contributed by atoms with Gasteiger partial charge in [-0.05, 0) is 17.7 Å². The standard InChI is InChI=1S/C16H20Cl2N4O2/c17-13-2-1-3-14(18)12(13)9-15-20-16(22(21-15)5-6-23)8-11-10-24-7-4-19-11/h1-3,11,19,23H,4-10H2/t11-/m1/s1. The summed E-state index contributed by atoms with van der Waals surface area (Å²) in [4.78, 5) is 4.63. The van der Waals surface area contributed by atoms with Crippen LogP contribution in [0.5, 0.6) is 0 Å². The number of rotatable bonds is 6. The van der Waals surface area contributed by atoms with Gasteiger partial charge in [-0.2, -0.15) is 5.10 Å². The lowest BCUT2D eigenvalue weighted by Gasteiger charge is -2.23. The van der Waals surface area contributed by atoms with E-state index in [9.17, 15) is 5.11 Å². The van der Waals surface area contributed by atoms with Gasteiger partial charge >= 0.3 is 0 Å². The molecule has 1 aliphatic heterocycles. The topological polar surface area (TPSA) is 72.2 Å². The average molecular weight is 371 g/mol. The molecule has 24 heavy (non-hydrogen) atoms. The van der Waals surface area contributed by atoms with Crippen molar-refractivity contribution < 1.29 is 9.84 Å². The summed E-state index contributed by atoms with van der Waals surface area (Å²) >= 11 is 12.5. The summed E-state index contributed by atoms with van der Waals surface area (Å²) in [5.74, 6) is 1.47. The van der Waals surface area contributed by atoms with Gasteiger partial charge in [0.1, 0.15) is 5.82 Å². The van der Waals surface area contributed by atoms with Crippen molar-refractivity contribution in [2.75, 3.05) is 26.4 Å². The molecule has 1 aromatic carbocycles. The van der Waals surface area contributed by atoms with Crippen molar-refractivity contribution >= 4 is 23.2 Å². The molecule has 2 N–H and O–H groups in total. The first-order valence-electron chi connectivity index (χ1n) is 7.95. The Morgan fingerprint density at radius 2 is 2.12 bits per heavy atom. The van der Waals surface area contributed by atoms with Crippen LogP contribution < -0.4 is 5.32 Å². The van der Waals surface area contributed by atoms with Crippen LogP contribution in [0, 0.1) is 0 Å². The van der Waals surface area contributed by atoms with E-state index in [-0.39, 0.29) is 12.6 Å². The molecule has 1 aliphatic rings. The van der Waals surface area contributed by atoms with E-state index < -0.39 is 0 Å². The molecule has 3 rings (SSSR count). The number of aliphatic hydroxyl groups is 1. The zero-order chi connectivity index (χ0) is 16.9. The van der Waals surface area contributed by atoms with Gasteiger partial charge in [0.2, 0.25) is 0 Å². The molecule has 0 saturated carbocycles. The molecule has 0 aliphatic carbocycles. The van der Waals surface area contributed by atoms with Crippen LogP contribution in [0.25, 0.3) is 0 Å². The normalized spacial score (nSPS) is 18.0. The lowest BCUT2D eigenvalue weighted by atomic mass is 10.1. The molecule has 2 heterocycles. The summed E-state index contributed by atoms with van der Waals surface area (Å²) < 4.78 is 7.23. The van der Waals surface area contributed by atoms with Crippen LogP contribution in [0.4, 0.5) is 0 Å². The Morgan fingerprint density at radius 1 is 1.33 bits per heavy atom. The second kappa shape index (κ2) is 8.27. The van der Waals surface area contributed by atoms with E-state index in [1.807, 2.05) is 6.07 Å². The van der Waals surface area contributed by atoms with E-state index in [2.05, 4.69) is 15.4 Å². The van der Waals surface area contributed by atoms with Gasteiger partial charge in [0, 0.05) is 35.5 Å². The third-order valence-corrected chi connectivity index (χ3v) is 4.64. The summed E-state index contributed by atoms with van der Waals surface area (Å²) in [5, 5.41) is 18.4. The van der Waals surface area contributed by atoms with Crippen molar-refractivity contribution in [3.63, 3.8) is 0 Å². The predicted octanol–water partition coefficient (Wildman–Crippen LogP) is 1.70. The fourth-order valence-electron chi connectivity index (χ4n) is 2.76. The van der Waals surface area contributed by atoms with E-state index in [0.717, 1.165) is 24.5 Å². The van der Waals surface area contributed by atoms with Crippen LogP contribution in [0.1, 0.15) is 17.2 Å². The minimum absolute atomic E-state index is 0.0112. The highest BCUT2D eigenvalue weighted by Gasteiger charge is 2.19. The van der Waals surface area contributed by atoms with Crippen molar-refractivity contribution in [3.05, 3.63) is 45.5 Å². The predicted molar refractivity (Wildman–Crippen MR) is 92.7 cm³/mol. The molecule has 0 radical (unpaired) electrons. The number of hydrogen-bond acceptors (Lipinski definition) is 5. The third-order valence-electron chi connectivity index (χ3n) is 3.93. The summed E-state index contributed by atoms with van der Waals surface area (Å²) in [6.45, 7) is 2.64. The number of benzene rings is 1. The van der Waals surface area contributed by atoms with Crippen molar-refractivity contribution in [1.29, 1.82) is 0 Å². The van der Waals surface area contributed by atoms with Gasteiger partial charge in [-0.1, -0.05) is 29.3 Å². The monoisotopic (exact) mass is 370 g/mol. The second-order valence-electron chi connectivity index (χ2n) is 5.70. The lowest BCUT2D eigenvalue weighted by molar-refractivity contribution is 0.0759. The van der Waals surface area contributed by atoms with Crippen LogP contribution in [0.15, 0.2) is 18.2 Å². The Hall–Kier alpha value is -1.18. The molecule has 1 saturated heterocycles. The molecule has 2 aromatic rings. The Morgan fingerprint density at radius 3 is 2.79 bits per heavy atom. The lowest BCUT2D eigenvalue weighted by Crippen LogP contribution is -2.43. The highest BCUT2D eigenvalue weighted by atomic mass is 35.5. The highest BCUT2D eigenvalue weighted by molar-refractivity contribution is 6.36. The van der Waals surface area contributed by atoms with Gasteiger partial charge in [-0.15, -0.1) is 0 Å². The Kier molecular flexibility index (Phi) is 6.08. The molecule has 6 nitrogen and oxygen atoms in total. The van der Waals surface area contributed by atoms with Crippen molar-refractivity contribution in [2.45, 2.75) is 25.4 Å². The number of aromatic nitrogens is 3. The second-order valence-corrected chi connectivity index (χ2v) is 6.51. The maximum absolute atomic E-state index is 9.27. The van der Waals surface area contributed by atoms with Gasteiger partial charge < -0.3 is 15.2 Å². The summed E-state index contributed by atoms with van der Waals surface area (Å²) in [7, 11) is 0. The van der Waals surface area contributed by atoms with E-state index in [1.54, 1.807) is 16.8 Å². The van der Waals surface area contributed by atoms with Crippen LogP contribution in [-0.4, -0.2) is 52.3 Å². The summed E-state index contributed by atoms with van der Waals surface area (Å²) in [6, 6.07) is 5.62. The van der Waals surface area contributed by atoms with Gasteiger partial charge in [0.25, 0.3) is 0 Å². The average Bonchev–Trinajstić information content (AvgIpc) is 2.94. The van der Waals surface area contributed by atoms with Gasteiger partial charge in [0.15, 0.2) is 5.82 Å². The van der Waals surface area contributed by atoms with E-state index >= 15 is 0 Å². The highest BCUT2D eigenvalue weighted by Crippen LogP contribution is 2.26. The van der Waals surface area contributed by atoms with E-state index in [0.29, 0.717) is 41.9 Å². The Bertz CT molecular complexity index is 666. The fraction of sp³-hybridized carbons (Fsp3) is 0.500. The van der Waals surface area contributed by atoms with Crippen LogP contribution in [0.2, 0.25) is 10.0 Å². The number of nitrogens with one attached hydrogen (secondary N) is 1.